The van der Waals surface area contributed by atoms with Crippen LogP contribution in [-0.2, 0) is 19.6 Å². The van der Waals surface area contributed by atoms with Crippen molar-refractivity contribution in [1.82, 2.24) is 10.0 Å². The topological polar surface area (TPSA) is 113 Å². The van der Waals surface area contributed by atoms with Crippen molar-refractivity contribution in [2.45, 2.75) is 44.2 Å². The SMILES string of the molecule is CCC(NS(=O)(=O)c1ccc(F)cc1)C(=O)NC(C(=O)O)C(C)C. The Kier molecular flexibility index (Phi) is 6.85. The summed E-state index contributed by atoms with van der Waals surface area (Å²) >= 11 is 0. The molecule has 1 amide bonds. The molecule has 9 heteroatoms. The number of rotatable bonds is 8. The van der Waals surface area contributed by atoms with Crippen molar-refractivity contribution >= 4 is 21.9 Å². The molecule has 0 bridgehead atoms. The second-order valence-corrected chi connectivity index (χ2v) is 7.32. The molecule has 1 aromatic rings. The first-order chi connectivity index (χ1) is 11.1. The molecule has 1 aromatic carbocycles. The highest BCUT2D eigenvalue weighted by atomic mass is 32.2. The largest absolute Gasteiger partial charge is 0.480 e. The van der Waals surface area contributed by atoms with E-state index in [0.717, 1.165) is 24.3 Å². The summed E-state index contributed by atoms with van der Waals surface area (Å²) in [5, 5.41) is 11.4. The standard InChI is InChI=1S/C15H21FN2O5S/c1-4-12(14(19)17-13(9(2)3)15(20)21)18-24(22,23)11-7-5-10(16)6-8-11/h5-9,12-13,18H,4H2,1-3H3,(H,17,19)(H,20,21). The highest BCUT2D eigenvalue weighted by Gasteiger charge is 2.29. The van der Waals surface area contributed by atoms with Gasteiger partial charge in [-0.1, -0.05) is 20.8 Å². The van der Waals surface area contributed by atoms with Gasteiger partial charge in [-0.2, -0.15) is 4.72 Å². The molecule has 0 aliphatic carbocycles. The number of carboxylic acids is 1. The number of carboxylic acid groups (broad SMARTS) is 1. The molecular formula is C15H21FN2O5S. The van der Waals surface area contributed by atoms with Crippen LogP contribution in [0.5, 0.6) is 0 Å². The highest BCUT2D eigenvalue weighted by molar-refractivity contribution is 7.89. The molecule has 0 aliphatic rings. The van der Waals surface area contributed by atoms with Crippen molar-refractivity contribution in [1.29, 1.82) is 0 Å². The lowest BCUT2D eigenvalue weighted by atomic mass is 10.0. The summed E-state index contributed by atoms with van der Waals surface area (Å²) in [4.78, 5) is 23.1. The minimum Gasteiger partial charge on any atom is -0.480 e. The van der Waals surface area contributed by atoms with Gasteiger partial charge in [-0.05, 0) is 36.6 Å². The molecule has 0 aromatic heterocycles. The van der Waals surface area contributed by atoms with Crippen LogP contribution < -0.4 is 10.0 Å². The molecule has 2 unspecified atom stereocenters. The Balaban J connectivity index is 2.91. The van der Waals surface area contributed by atoms with Crippen molar-refractivity contribution in [3.05, 3.63) is 30.1 Å². The van der Waals surface area contributed by atoms with Gasteiger partial charge in [0.05, 0.1) is 4.90 Å². The summed E-state index contributed by atoms with van der Waals surface area (Å²) in [5.74, 6) is -2.88. The summed E-state index contributed by atoms with van der Waals surface area (Å²) < 4.78 is 39.6. The Morgan fingerprint density at radius 2 is 1.75 bits per heavy atom. The quantitative estimate of drug-likeness (QED) is 0.643. The van der Waals surface area contributed by atoms with Gasteiger partial charge in [0.15, 0.2) is 0 Å². The number of aliphatic carboxylic acids is 1. The lowest BCUT2D eigenvalue weighted by Gasteiger charge is -2.22. The van der Waals surface area contributed by atoms with E-state index in [1.165, 1.54) is 0 Å². The summed E-state index contributed by atoms with van der Waals surface area (Å²) in [6, 6.07) is 1.89. The normalized spacial score (nSPS) is 14.2. The number of carbonyl (C=O) groups excluding carboxylic acids is 1. The van der Waals surface area contributed by atoms with Crippen LogP contribution in [0.1, 0.15) is 27.2 Å². The van der Waals surface area contributed by atoms with Crippen LogP contribution in [0, 0.1) is 11.7 Å². The predicted molar refractivity (Wildman–Crippen MR) is 85.2 cm³/mol. The Bertz CT molecular complexity index is 688. The van der Waals surface area contributed by atoms with Crippen LogP contribution in [0.25, 0.3) is 0 Å². The van der Waals surface area contributed by atoms with Gasteiger partial charge in [-0.3, -0.25) is 4.79 Å². The van der Waals surface area contributed by atoms with E-state index in [-0.39, 0.29) is 17.2 Å². The molecule has 0 saturated carbocycles. The third-order valence-electron chi connectivity index (χ3n) is 3.38. The van der Waals surface area contributed by atoms with Crippen molar-refractivity contribution < 1.29 is 27.5 Å². The third-order valence-corrected chi connectivity index (χ3v) is 4.86. The lowest BCUT2D eigenvalue weighted by molar-refractivity contribution is -0.143. The maximum absolute atomic E-state index is 12.9. The molecule has 0 aliphatic heterocycles. The first kappa shape index (κ1) is 20.0. The molecule has 24 heavy (non-hydrogen) atoms. The van der Waals surface area contributed by atoms with Crippen LogP contribution in [-0.4, -0.2) is 37.5 Å². The summed E-state index contributed by atoms with van der Waals surface area (Å²) in [5.41, 5.74) is 0. The van der Waals surface area contributed by atoms with Crippen LogP contribution in [0.15, 0.2) is 29.2 Å². The van der Waals surface area contributed by atoms with Crippen LogP contribution in [0.2, 0.25) is 0 Å². The van der Waals surface area contributed by atoms with E-state index in [9.17, 15) is 22.4 Å². The molecular weight excluding hydrogens is 339 g/mol. The van der Waals surface area contributed by atoms with Gasteiger partial charge >= 0.3 is 5.97 Å². The first-order valence-corrected chi connectivity index (χ1v) is 8.88. The van der Waals surface area contributed by atoms with Gasteiger partial charge in [0.25, 0.3) is 0 Å². The second kappa shape index (κ2) is 8.20. The number of carbonyl (C=O) groups is 2. The summed E-state index contributed by atoms with van der Waals surface area (Å²) in [7, 11) is -4.03. The maximum atomic E-state index is 12.9. The van der Waals surface area contributed by atoms with E-state index < -0.39 is 39.8 Å². The second-order valence-electron chi connectivity index (χ2n) is 5.60. The third kappa shape index (κ3) is 5.27. The number of nitrogens with one attached hydrogen (secondary N) is 2. The minimum absolute atomic E-state index is 0.122. The minimum atomic E-state index is -4.03. The number of hydrogen-bond donors (Lipinski definition) is 3. The molecule has 0 fully saturated rings. The maximum Gasteiger partial charge on any atom is 0.326 e. The van der Waals surface area contributed by atoms with Crippen molar-refractivity contribution in [2.75, 3.05) is 0 Å². The first-order valence-electron chi connectivity index (χ1n) is 7.39. The molecule has 0 radical (unpaired) electrons. The van der Waals surface area contributed by atoms with E-state index >= 15 is 0 Å². The van der Waals surface area contributed by atoms with Gasteiger partial charge in [0.1, 0.15) is 17.9 Å². The molecule has 2 atom stereocenters. The van der Waals surface area contributed by atoms with Gasteiger partial charge in [-0.15, -0.1) is 0 Å². The Hall–Kier alpha value is -2.00. The molecule has 7 nitrogen and oxygen atoms in total. The van der Waals surface area contributed by atoms with E-state index in [1.807, 2.05) is 0 Å². The number of amides is 1. The van der Waals surface area contributed by atoms with E-state index in [2.05, 4.69) is 10.0 Å². The monoisotopic (exact) mass is 360 g/mol. The zero-order valence-corrected chi connectivity index (χ0v) is 14.4. The average Bonchev–Trinajstić information content (AvgIpc) is 2.49. The van der Waals surface area contributed by atoms with Gasteiger partial charge in [0, 0.05) is 0 Å². The number of sulfonamides is 1. The van der Waals surface area contributed by atoms with Crippen molar-refractivity contribution in [2.24, 2.45) is 5.92 Å². The fourth-order valence-corrected chi connectivity index (χ4v) is 3.24. The molecule has 3 N–H and O–H groups in total. The van der Waals surface area contributed by atoms with E-state index in [4.69, 9.17) is 5.11 Å². The summed E-state index contributed by atoms with van der Waals surface area (Å²) in [6.45, 7) is 4.84. The molecule has 0 heterocycles. The van der Waals surface area contributed by atoms with Crippen molar-refractivity contribution in [3.63, 3.8) is 0 Å². The Morgan fingerprint density at radius 3 is 2.17 bits per heavy atom. The van der Waals surface area contributed by atoms with Crippen LogP contribution in [0.4, 0.5) is 4.39 Å². The molecule has 134 valence electrons. The highest BCUT2D eigenvalue weighted by Crippen LogP contribution is 2.11. The lowest BCUT2D eigenvalue weighted by Crippen LogP contribution is -2.52. The zero-order valence-electron chi connectivity index (χ0n) is 13.6. The Morgan fingerprint density at radius 1 is 1.21 bits per heavy atom. The summed E-state index contributed by atoms with van der Waals surface area (Å²) in [6.07, 6.45) is 0.122. The fourth-order valence-electron chi connectivity index (χ4n) is 1.96. The van der Waals surface area contributed by atoms with Crippen molar-refractivity contribution in [3.8, 4) is 0 Å². The molecule has 0 saturated heterocycles. The number of benzene rings is 1. The van der Waals surface area contributed by atoms with Crippen LogP contribution >= 0.6 is 0 Å². The van der Waals surface area contributed by atoms with E-state index in [1.54, 1.807) is 20.8 Å². The van der Waals surface area contributed by atoms with Gasteiger partial charge in [0.2, 0.25) is 15.9 Å². The van der Waals surface area contributed by atoms with Gasteiger partial charge < -0.3 is 10.4 Å². The van der Waals surface area contributed by atoms with Crippen LogP contribution in [0.3, 0.4) is 0 Å². The predicted octanol–water partition coefficient (Wildman–Crippen LogP) is 1.11. The number of hydrogen-bond acceptors (Lipinski definition) is 4. The van der Waals surface area contributed by atoms with E-state index in [0.29, 0.717) is 0 Å². The average molecular weight is 360 g/mol. The smallest absolute Gasteiger partial charge is 0.326 e. The molecule has 0 spiro atoms. The molecule has 1 rings (SSSR count). The zero-order chi connectivity index (χ0) is 18.5. The Labute approximate surface area is 140 Å². The number of halogens is 1. The fraction of sp³-hybridized carbons (Fsp3) is 0.467. The van der Waals surface area contributed by atoms with Gasteiger partial charge in [-0.25, -0.2) is 17.6 Å².